The predicted molar refractivity (Wildman–Crippen MR) is 156 cm³/mol. The van der Waals surface area contributed by atoms with Crippen molar-refractivity contribution in [3.63, 3.8) is 0 Å². The van der Waals surface area contributed by atoms with Gasteiger partial charge in [0.2, 0.25) is 15.9 Å². The van der Waals surface area contributed by atoms with Crippen LogP contribution in [0.15, 0.2) is 42.5 Å². The molecular formula is C30H44N2O6S. The summed E-state index contributed by atoms with van der Waals surface area (Å²) in [4.78, 5) is 25.5. The average molecular weight is 561 g/mol. The van der Waals surface area contributed by atoms with Crippen LogP contribution >= 0.6 is 0 Å². The first kappa shape index (κ1) is 32.1. The van der Waals surface area contributed by atoms with Gasteiger partial charge in [0.1, 0.15) is 5.75 Å². The maximum absolute atomic E-state index is 13.1. The zero-order valence-electron chi connectivity index (χ0n) is 24.7. The molecule has 9 heteroatoms. The molecule has 216 valence electrons. The molecule has 8 nitrogen and oxygen atoms in total. The highest BCUT2D eigenvalue weighted by atomic mass is 32.2. The molecule has 0 radical (unpaired) electrons. The third-order valence-corrected chi connectivity index (χ3v) is 6.98. The lowest BCUT2D eigenvalue weighted by molar-refractivity contribution is -0.154. The third-order valence-electron chi connectivity index (χ3n) is 6.39. The van der Waals surface area contributed by atoms with Crippen LogP contribution in [0.3, 0.4) is 0 Å². The van der Waals surface area contributed by atoms with E-state index in [2.05, 4.69) is 55.1 Å². The van der Waals surface area contributed by atoms with Crippen LogP contribution in [-0.2, 0) is 36.2 Å². The van der Waals surface area contributed by atoms with E-state index in [1.165, 1.54) is 12.7 Å². The number of esters is 1. The summed E-state index contributed by atoms with van der Waals surface area (Å²) in [6.45, 7) is 14.2. The van der Waals surface area contributed by atoms with Crippen LogP contribution < -0.4 is 14.8 Å². The monoisotopic (exact) mass is 560 g/mol. The lowest BCUT2D eigenvalue weighted by atomic mass is 9.86. The summed E-state index contributed by atoms with van der Waals surface area (Å²) < 4.78 is 36.6. The Bertz CT molecular complexity index is 1240. The number of rotatable bonds is 11. The molecule has 39 heavy (non-hydrogen) atoms. The zero-order chi connectivity index (χ0) is 29.6. The van der Waals surface area contributed by atoms with Crippen LogP contribution in [0.2, 0.25) is 0 Å². The Kier molecular flexibility index (Phi) is 10.6. The molecule has 2 aromatic rings. The van der Waals surface area contributed by atoms with Crippen LogP contribution in [0.25, 0.3) is 0 Å². The Morgan fingerprint density at radius 1 is 0.974 bits per heavy atom. The van der Waals surface area contributed by atoms with Crippen molar-refractivity contribution in [2.24, 2.45) is 11.3 Å². The van der Waals surface area contributed by atoms with E-state index in [1.807, 2.05) is 20.8 Å². The van der Waals surface area contributed by atoms with Gasteiger partial charge in [-0.2, -0.15) is 0 Å². The number of anilines is 1. The number of hydrogen-bond acceptors (Lipinski definition) is 6. The maximum Gasteiger partial charge on any atom is 0.311 e. The number of carbonyl (C=O) groups excluding carboxylic acids is 2. The topological polar surface area (TPSA) is 111 Å². The quantitative estimate of drug-likeness (QED) is 0.373. The lowest BCUT2D eigenvalue weighted by Gasteiger charge is -2.23. The van der Waals surface area contributed by atoms with Crippen LogP contribution in [0.1, 0.15) is 71.1 Å². The second kappa shape index (κ2) is 12.9. The fraction of sp³-hybridized carbons (Fsp3) is 0.533. The van der Waals surface area contributed by atoms with Gasteiger partial charge in [-0.3, -0.25) is 14.3 Å². The Hall–Kier alpha value is -3.07. The highest BCUT2D eigenvalue weighted by Gasteiger charge is 2.25. The molecule has 0 saturated carbocycles. The third kappa shape index (κ3) is 10.2. The molecular weight excluding hydrogens is 516 g/mol. The van der Waals surface area contributed by atoms with Crippen molar-refractivity contribution in [3.8, 4) is 5.75 Å². The molecule has 2 unspecified atom stereocenters. The number of benzene rings is 2. The molecule has 2 aromatic carbocycles. The fourth-order valence-corrected chi connectivity index (χ4v) is 4.45. The smallest absolute Gasteiger partial charge is 0.311 e. The summed E-state index contributed by atoms with van der Waals surface area (Å²) in [7, 11) is -2.04. The summed E-state index contributed by atoms with van der Waals surface area (Å²) in [5, 5.41) is 3.01. The maximum atomic E-state index is 13.1. The second-order valence-corrected chi connectivity index (χ2v) is 13.9. The molecule has 0 fully saturated rings. The first-order chi connectivity index (χ1) is 17.9. The number of sulfonamides is 1. The van der Waals surface area contributed by atoms with Gasteiger partial charge >= 0.3 is 5.97 Å². The summed E-state index contributed by atoms with van der Waals surface area (Å²) in [5.74, 6) is -0.802. The molecule has 2 atom stereocenters. The van der Waals surface area contributed by atoms with Gasteiger partial charge in [-0.15, -0.1) is 0 Å². The number of hydrogen-bond donors (Lipinski definition) is 2. The highest BCUT2D eigenvalue weighted by Crippen LogP contribution is 2.30. The number of carbonyl (C=O) groups is 2. The fourth-order valence-electron chi connectivity index (χ4n) is 3.88. The minimum atomic E-state index is -3.48. The molecule has 0 spiro atoms. The van der Waals surface area contributed by atoms with Crippen molar-refractivity contribution in [2.45, 2.75) is 66.2 Å². The van der Waals surface area contributed by atoms with Gasteiger partial charge in [0.25, 0.3) is 0 Å². The van der Waals surface area contributed by atoms with Crippen molar-refractivity contribution in [2.75, 3.05) is 31.2 Å². The Morgan fingerprint density at radius 3 is 2.10 bits per heavy atom. The second-order valence-electron chi connectivity index (χ2n) is 12.2. The van der Waals surface area contributed by atoms with Gasteiger partial charge in [0.15, 0.2) is 0 Å². The molecule has 2 N–H and O–H groups in total. The summed E-state index contributed by atoms with van der Waals surface area (Å²) in [6.07, 6.45) is 1.70. The van der Waals surface area contributed by atoms with Crippen molar-refractivity contribution in [3.05, 3.63) is 59.2 Å². The summed E-state index contributed by atoms with van der Waals surface area (Å²) in [5.41, 5.74) is 2.74. The van der Waals surface area contributed by atoms with Crippen molar-refractivity contribution < 1.29 is 27.5 Å². The molecule has 0 aromatic heterocycles. The van der Waals surface area contributed by atoms with Gasteiger partial charge < -0.3 is 14.8 Å². The van der Waals surface area contributed by atoms with Gasteiger partial charge in [-0.1, -0.05) is 51.1 Å². The number of ether oxygens (including phenoxy) is 2. The number of nitrogens with one attached hydrogen (secondary N) is 2. The van der Waals surface area contributed by atoms with E-state index < -0.39 is 21.4 Å². The minimum Gasteiger partial charge on any atom is -0.495 e. The van der Waals surface area contributed by atoms with Crippen LogP contribution in [0, 0.1) is 11.3 Å². The molecule has 0 aliphatic carbocycles. The van der Waals surface area contributed by atoms with E-state index in [0.29, 0.717) is 30.0 Å². The van der Waals surface area contributed by atoms with E-state index in [4.69, 9.17) is 9.47 Å². The number of amides is 1. The first-order valence-corrected chi connectivity index (χ1v) is 15.0. The van der Waals surface area contributed by atoms with E-state index in [9.17, 15) is 18.0 Å². The number of methoxy groups -OCH3 is 1. The minimum absolute atomic E-state index is 0.0476. The standard InChI is InChI=1S/C30H44N2O6S/c1-20(23-12-15-25(26(17-23)37-8)32-39(9,35)36)27(33)31-18-22(19-38-28(34)30(5,6)7)16-21-10-13-24(14-11-21)29(2,3)4/h10-15,17,20,22,32H,16,18-19H2,1-9H3,(H,31,33). The molecule has 0 aliphatic rings. The molecule has 0 heterocycles. The largest absolute Gasteiger partial charge is 0.495 e. The van der Waals surface area contributed by atoms with Crippen LogP contribution in [0.4, 0.5) is 5.69 Å². The Morgan fingerprint density at radius 2 is 1.59 bits per heavy atom. The molecule has 0 saturated heterocycles. The Balaban J connectivity index is 2.15. The summed E-state index contributed by atoms with van der Waals surface area (Å²) in [6, 6.07) is 13.3. The first-order valence-electron chi connectivity index (χ1n) is 13.1. The van der Waals surface area contributed by atoms with Gasteiger partial charge in [0, 0.05) is 12.5 Å². The van der Waals surface area contributed by atoms with Crippen molar-refractivity contribution in [1.82, 2.24) is 5.32 Å². The lowest BCUT2D eigenvalue weighted by Crippen LogP contribution is -2.36. The van der Waals surface area contributed by atoms with Gasteiger partial charge in [-0.25, -0.2) is 8.42 Å². The Labute approximate surface area is 233 Å². The van der Waals surface area contributed by atoms with Crippen LogP contribution in [-0.4, -0.2) is 46.8 Å². The normalized spacial score (nSPS) is 13.8. The zero-order valence-corrected chi connectivity index (χ0v) is 25.5. The summed E-state index contributed by atoms with van der Waals surface area (Å²) >= 11 is 0. The molecule has 1 amide bonds. The SMILES string of the molecule is COc1cc(C(C)C(=O)NCC(COC(=O)C(C)(C)C)Cc2ccc(C(C)(C)C)cc2)ccc1NS(C)(=O)=O. The van der Waals surface area contributed by atoms with Gasteiger partial charge in [-0.05, 0) is 68.4 Å². The van der Waals surface area contributed by atoms with Crippen molar-refractivity contribution >= 4 is 27.6 Å². The van der Waals surface area contributed by atoms with E-state index >= 15 is 0 Å². The highest BCUT2D eigenvalue weighted by molar-refractivity contribution is 7.92. The van der Waals surface area contributed by atoms with Crippen LogP contribution in [0.5, 0.6) is 5.75 Å². The van der Waals surface area contributed by atoms with Crippen molar-refractivity contribution in [1.29, 1.82) is 0 Å². The average Bonchev–Trinajstić information content (AvgIpc) is 2.83. The van der Waals surface area contributed by atoms with Gasteiger partial charge in [0.05, 0.1) is 37.0 Å². The molecule has 2 rings (SSSR count). The predicted octanol–water partition coefficient (Wildman–Crippen LogP) is 5.03. The van der Waals surface area contributed by atoms with E-state index in [0.717, 1.165) is 11.8 Å². The van der Waals surface area contributed by atoms with E-state index in [1.54, 1.807) is 25.1 Å². The molecule has 0 bridgehead atoms. The van der Waals surface area contributed by atoms with E-state index in [-0.39, 0.29) is 29.8 Å². The molecule has 0 aliphatic heterocycles.